The molecule has 0 aliphatic heterocycles. The number of carbonyl (C=O) groups excluding carboxylic acids is 1. The van der Waals surface area contributed by atoms with Crippen LogP contribution >= 0.6 is 0 Å². The van der Waals surface area contributed by atoms with Crippen LogP contribution in [0.25, 0.3) is 0 Å². The van der Waals surface area contributed by atoms with Gasteiger partial charge in [-0.05, 0) is 32.1 Å². The van der Waals surface area contributed by atoms with Crippen LogP contribution in [0.3, 0.4) is 0 Å². The quantitative estimate of drug-likeness (QED) is 0.420. The second-order valence-corrected chi connectivity index (χ2v) is 6.27. The fourth-order valence-corrected chi connectivity index (χ4v) is 2.59. The molecule has 0 aromatic rings. The molecule has 8 heteroatoms. The molecule has 0 spiro atoms. The van der Waals surface area contributed by atoms with Gasteiger partial charge in [0, 0.05) is 0 Å². The Balaban J connectivity index is 2.23. The van der Waals surface area contributed by atoms with Gasteiger partial charge in [-0.2, -0.15) is 8.42 Å². The Kier molecular flexibility index (Phi) is 5.74. The molecular formula is C11H18O7S. The number of carboxylic acids is 1. The summed E-state index contributed by atoms with van der Waals surface area (Å²) in [5.74, 6) is -2.38. The maximum atomic E-state index is 11.6. The lowest BCUT2D eigenvalue weighted by Gasteiger charge is -2.24. The molecule has 19 heavy (non-hydrogen) atoms. The van der Waals surface area contributed by atoms with Gasteiger partial charge in [0.2, 0.25) is 0 Å². The number of aliphatic carboxylic acids is 1. The van der Waals surface area contributed by atoms with E-state index in [1.165, 1.54) is 0 Å². The van der Waals surface area contributed by atoms with Gasteiger partial charge in [-0.3, -0.25) is 14.1 Å². The lowest BCUT2D eigenvalue weighted by atomic mass is 9.82. The molecule has 0 amide bonds. The first-order valence-corrected chi connectivity index (χ1v) is 7.75. The molecule has 1 fully saturated rings. The molecule has 0 atom stereocenters. The zero-order valence-electron chi connectivity index (χ0n) is 10.4. The van der Waals surface area contributed by atoms with E-state index in [0.29, 0.717) is 25.7 Å². The molecular weight excluding hydrogens is 276 g/mol. The molecule has 1 saturated carbocycles. The first-order chi connectivity index (χ1) is 8.79. The van der Waals surface area contributed by atoms with Crippen LogP contribution in [0.1, 0.15) is 32.1 Å². The van der Waals surface area contributed by atoms with Crippen molar-refractivity contribution in [3.63, 3.8) is 0 Å². The Morgan fingerprint density at radius 3 is 2.11 bits per heavy atom. The van der Waals surface area contributed by atoms with E-state index in [4.69, 9.17) is 14.4 Å². The van der Waals surface area contributed by atoms with Gasteiger partial charge in [0.25, 0.3) is 10.1 Å². The summed E-state index contributed by atoms with van der Waals surface area (Å²) in [6.45, 7) is -0.0581. The Morgan fingerprint density at radius 1 is 1.11 bits per heavy atom. The van der Waals surface area contributed by atoms with Crippen LogP contribution in [0, 0.1) is 11.8 Å². The Labute approximate surface area is 111 Å². The second-order valence-electron chi connectivity index (χ2n) is 4.69. The highest BCUT2D eigenvalue weighted by molar-refractivity contribution is 7.85. The van der Waals surface area contributed by atoms with Crippen molar-refractivity contribution in [1.82, 2.24) is 0 Å². The van der Waals surface area contributed by atoms with Gasteiger partial charge in [-0.15, -0.1) is 0 Å². The van der Waals surface area contributed by atoms with Crippen LogP contribution in [-0.2, 0) is 24.4 Å². The zero-order chi connectivity index (χ0) is 14.5. The molecule has 0 aromatic carbocycles. The number of carboxylic acid groups (broad SMARTS) is 1. The van der Waals surface area contributed by atoms with E-state index >= 15 is 0 Å². The van der Waals surface area contributed by atoms with Crippen LogP contribution in [-0.4, -0.2) is 42.4 Å². The Bertz CT molecular complexity index is 420. The number of hydrogen-bond donors (Lipinski definition) is 2. The van der Waals surface area contributed by atoms with E-state index in [9.17, 15) is 18.0 Å². The SMILES string of the molecule is O=C(O)C1CCC(C(=O)OCCCS(=O)(=O)O)CC1. The molecule has 0 aromatic heterocycles. The van der Waals surface area contributed by atoms with Crippen LogP contribution in [0.5, 0.6) is 0 Å². The summed E-state index contributed by atoms with van der Waals surface area (Å²) in [6.07, 6.45) is 1.93. The van der Waals surface area contributed by atoms with Crippen molar-refractivity contribution in [1.29, 1.82) is 0 Å². The average molecular weight is 294 g/mol. The van der Waals surface area contributed by atoms with Crippen molar-refractivity contribution >= 4 is 22.1 Å². The Hall–Kier alpha value is -1.15. The van der Waals surface area contributed by atoms with Gasteiger partial charge in [-0.1, -0.05) is 0 Å². The maximum Gasteiger partial charge on any atom is 0.308 e. The maximum absolute atomic E-state index is 11.6. The van der Waals surface area contributed by atoms with Crippen molar-refractivity contribution in [2.24, 2.45) is 11.8 Å². The van der Waals surface area contributed by atoms with Crippen LogP contribution < -0.4 is 0 Å². The fraction of sp³-hybridized carbons (Fsp3) is 0.818. The summed E-state index contributed by atoms with van der Waals surface area (Å²) in [5, 5.41) is 8.82. The summed E-state index contributed by atoms with van der Waals surface area (Å²) in [7, 11) is -4.02. The zero-order valence-corrected chi connectivity index (χ0v) is 11.3. The monoisotopic (exact) mass is 294 g/mol. The topological polar surface area (TPSA) is 118 Å². The molecule has 1 aliphatic carbocycles. The number of esters is 1. The minimum atomic E-state index is -4.02. The number of rotatable bonds is 6. The molecule has 0 bridgehead atoms. The number of hydrogen-bond acceptors (Lipinski definition) is 5. The van der Waals surface area contributed by atoms with E-state index in [-0.39, 0.29) is 24.9 Å². The second kappa shape index (κ2) is 6.85. The summed E-state index contributed by atoms with van der Waals surface area (Å²) >= 11 is 0. The van der Waals surface area contributed by atoms with Crippen LogP contribution in [0.2, 0.25) is 0 Å². The summed E-state index contributed by atoms with van der Waals surface area (Å²) in [6, 6.07) is 0. The van der Waals surface area contributed by atoms with E-state index < -0.39 is 27.8 Å². The summed E-state index contributed by atoms with van der Waals surface area (Å²) < 4.78 is 34.3. The highest BCUT2D eigenvalue weighted by Crippen LogP contribution is 2.29. The molecule has 1 aliphatic rings. The third-order valence-electron chi connectivity index (χ3n) is 3.20. The van der Waals surface area contributed by atoms with E-state index in [0.717, 1.165) is 0 Å². The van der Waals surface area contributed by atoms with Crippen LogP contribution in [0.4, 0.5) is 0 Å². The van der Waals surface area contributed by atoms with E-state index in [1.807, 2.05) is 0 Å². The van der Waals surface area contributed by atoms with Gasteiger partial charge < -0.3 is 9.84 Å². The van der Waals surface area contributed by atoms with Gasteiger partial charge in [0.15, 0.2) is 0 Å². The first-order valence-electron chi connectivity index (χ1n) is 6.14. The fourth-order valence-electron chi connectivity index (χ4n) is 2.11. The van der Waals surface area contributed by atoms with Gasteiger partial charge in [0.05, 0.1) is 24.2 Å². The Morgan fingerprint density at radius 2 is 1.63 bits per heavy atom. The minimum Gasteiger partial charge on any atom is -0.481 e. The average Bonchev–Trinajstić information content (AvgIpc) is 2.33. The molecule has 0 saturated heterocycles. The van der Waals surface area contributed by atoms with E-state index in [1.54, 1.807) is 0 Å². The highest BCUT2D eigenvalue weighted by atomic mass is 32.2. The minimum absolute atomic E-state index is 0.0506. The lowest BCUT2D eigenvalue weighted by molar-refractivity contribution is -0.152. The normalized spacial score (nSPS) is 23.8. The molecule has 110 valence electrons. The standard InChI is InChI=1S/C11H18O7S/c12-10(13)8-2-4-9(5-3-8)11(14)18-6-1-7-19(15,16)17/h8-9H,1-7H2,(H,12,13)(H,15,16,17). The number of ether oxygens (including phenoxy) is 1. The molecule has 7 nitrogen and oxygen atoms in total. The molecule has 2 N–H and O–H groups in total. The molecule has 0 unspecified atom stereocenters. The van der Waals surface area contributed by atoms with Crippen molar-refractivity contribution in [2.75, 3.05) is 12.4 Å². The predicted octanol–water partition coefficient (Wildman–Crippen LogP) is 0.699. The highest BCUT2D eigenvalue weighted by Gasteiger charge is 2.30. The van der Waals surface area contributed by atoms with Crippen molar-refractivity contribution in [3.8, 4) is 0 Å². The van der Waals surface area contributed by atoms with Crippen molar-refractivity contribution in [2.45, 2.75) is 32.1 Å². The predicted molar refractivity (Wildman–Crippen MR) is 65.1 cm³/mol. The van der Waals surface area contributed by atoms with E-state index in [2.05, 4.69) is 0 Å². The first kappa shape index (κ1) is 15.9. The van der Waals surface area contributed by atoms with Crippen molar-refractivity contribution in [3.05, 3.63) is 0 Å². The summed E-state index contributed by atoms with van der Waals surface area (Å²) in [5.41, 5.74) is 0. The van der Waals surface area contributed by atoms with Gasteiger partial charge in [0.1, 0.15) is 0 Å². The molecule has 1 rings (SSSR count). The molecule has 0 heterocycles. The van der Waals surface area contributed by atoms with Gasteiger partial charge >= 0.3 is 11.9 Å². The van der Waals surface area contributed by atoms with Crippen molar-refractivity contribution < 1.29 is 32.4 Å². The third-order valence-corrected chi connectivity index (χ3v) is 4.01. The number of carbonyl (C=O) groups is 2. The van der Waals surface area contributed by atoms with Crippen LogP contribution in [0.15, 0.2) is 0 Å². The van der Waals surface area contributed by atoms with Gasteiger partial charge in [-0.25, -0.2) is 0 Å². The smallest absolute Gasteiger partial charge is 0.308 e. The molecule has 0 radical (unpaired) electrons. The summed E-state index contributed by atoms with van der Waals surface area (Å²) in [4.78, 5) is 22.4. The lowest BCUT2D eigenvalue weighted by Crippen LogP contribution is -2.27. The largest absolute Gasteiger partial charge is 0.481 e. The third kappa shape index (κ3) is 6.02.